The van der Waals surface area contributed by atoms with Crippen LogP contribution in [0.1, 0.15) is 39.5 Å². The summed E-state index contributed by atoms with van der Waals surface area (Å²) in [5.74, 6) is 1.51. The van der Waals surface area contributed by atoms with E-state index in [1.54, 1.807) is 0 Å². The Morgan fingerprint density at radius 1 is 0.880 bits per heavy atom. The first-order chi connectivity index (χ1) is 12.0. The van der Waals surface area contributed by atoms with E-state index in [4.69, 9.17) is 0 Å². The number of likely N-dealkylation sites (tertiary alicyclic amines) is 2. The van der Waals surface area contributed by atoms with Crippen molar-refractivity contribution in [2.24, 2.45) is 11.8 Å². The molecule has 3 saturated heterocycles. The summed E-state index contributed by atoms with van der Waals surface area (Å²) in [6.45, 7) is 14.7. The van der Waals surface area contributed by atoms with Crippen LogP contribution in [0.3, 0.4) is 0 Å². The zero-order chi connectivity index (χ0) is 17.8. The lowest BCUT2D eigenvalue weighted by atomic mass is 9.91. The lowest BCUT2D eigenvalue weighted by molar-refractivity contribution is -0.138. The standard InChI is InChI=1S/C20H38N4O/c1-17(2)23-10-6-19(7-11-23)20(25)24-8-4-18(5-9-24)16-22-14-12-21(3)13-15-22/h17-19H,4-16H2,1-3H3. The minimum atomic E-state index is 0.282. The van der Waals surface area contributed by atoms with Gasteiger partial charge in [0.05, 0.1) is 0 Å². The fraction of sp³-hybridized carbons (Fsp3) is 0.950. The Hall–Kier alpha value is -0.650. The number of carbonyl (C=O) groups is 1. The molecule has 144 valence electrons. The molecular weight excluding hydrogens is 312 g/mol. The Labute approximate surface area is 154 Å². The Morgan fingerprint density at radius 2 is 1.48 bits per heavy atom. The van der Waals surface area contributed by atoms with Crippen LogP contribution in [0.4, 0.5) is 0 Å². The van der Waals surface area contributed by atoms with E-state index in [0.29, 0.717) is 11.9 Å². The van der Waals surface area contributed by atoms with Crippen molar-refractivity contribution in [1.29, 1.82) is 0 Å². The van der Waals surface area contributed by atoms with E-state index in [1.807, 2.05) is 0 Å². The summed E-state index contributed by atoms with van der Waals surface area (Å²) in [6.07, 6.45) is 4.50. The van der Waals surface area contributed by atoms with E-state index in [1.165, 1.54) is 45.6 Å². The number of rotatable bonds is 4. The SMILES string of the molecule is CC(C)N1CCC(C(=O)N2CCC(CN3CCN(C)CC3)CC2)CC1. The van der Waals surface area contributed by atoms with Crippen molar-refractivity contribution in [1.82, 2.24) is 19.6 Å². The first-order valence-corrected chi connectivity index (χ1v) is 10.5. The summed E-state index contributed by atoms with van der Waals surface area (Å²) >= 11 is 0. The molecule has 0 aromatic carbocycles. The molecule has 3 aliphatic heterocycles. The summed E-state index contributed by atoms with van der Waals surface area (Å²) < 4.78 is 0. The first kappa shape index (κ1) is 19.1. The Kier molecular flexibility index (Phi) is 6.75. The number of carbonyl (C=O) groups excluding carboxylic acids is 1. The lowest BCUT2D eigenvalue weighted by Crippen LogP contribution is -2.49. The Morgan fingerprint density at radius 3 is 2.04 bits per heavy atom. The third-order valence-electron chi connectivity index (χ3n) is 6.65. The molecule has 5 nitrogen and oxygen atoms in total. The van der Waals surface area contributed by atoms with Gasteiger partial charge in [0.2, 0.25) is 5.91 Å². The maximum atomic E-state index is 12.9. The van der Waals surface area contributed by atoms with Crippen molar-refractivity contribution in [3.63, 3.8) is 0 Å². The monoisotopic (exact) mass is 350 g/mol. The largest absolute Gasteiger partial charge is 0.342 e. The van der Waals surface area contributed by atoms with Crippen LogP contribution in [-0.2, 0) is 4.79 Å². The molecule has 0 aliphatic carbocycles. The molecule has 0 bridgehead atoms. The number of piperidine rings is 2. The fourth-order valence-corrected chi connectivity index (χ4v) is 4.65. The molecule has 3 rings (SSSR count). The topological polar surface area (TPSA) is 30.0 Å². The zero-order valence-corrected chi connectivity index (χ0v) is 16.6. The van der Waals surface area contributed by atoms with Gasteiger partial charge in [0, 0.05) is 57.8 Å². The third kappa shape index (κ3) is 5.18. The lowest BCUT2D eigenvalue weighted by Gasteiger charge is -2.40. The van der Waals surface area contributed by atoms with Gasteiger partial charge in [-0.2, -0.15) is 0 Å². The van der Waals surface area contributed by atoms with Crippen molar-refractivity contribution in [3.8, 4) is 0 Å². The number of nitrogens with zero attached hydrogens (tertiary/aromatic N) is 4. The molecule has 25 heavy (non-hydrogen) atoms. The van der Waals surface area contributed by atoms with E-state index < -0.39 is 0 Å². The number of hydrogen-bond acceptors (Lipinski definition) is 4. The van der Waals surface area contributed by atoms with Crippen LogP contribution < -0.4 is 0 Å². The predicted octanol–water partition coefficient (Wildman–Crippen LogP) is 1.59. The van der Waals surface area contributed by atoms with Gasteiger partial charge < -0.3 is 19.6 Å². The first-order valence-electron chi connectivity index (χ1n) is 10.5. The molecule has 0 spiro atoms. The highest BCUT2D eigenvalue weighted by Crippen LogP contribution is 2.25. The quantitative estimate of drug-likeness (QED) is 0.770. The number of likely N-dealkylation sites (N-methyl/N-ethyl adjacent to an activating group) is 1. The Balaban J connectivity index is 1.38. The van der Waals surface area contributed by atoms with Crippen LogP contribution in [0.2, 0.25) is 0 Å². The molecule has 3 heterocycles. The van der Waals surface area contributed by atoms with Crippen LogP contribution >= 0.6 is 0 Å². The number of piperazine rings is 1. The van der Waals surface area contributed by atoms with Crippen molar-refractivity contribution in [2.45, 2.75) is 45.6 Å². The maximum absolute atomic E-state index is 12.9. The van der Waals surface area contributed by atoms with Crippen LogP contribution in [0.5, 0.6) is 0 Å². The summed E-state index contributed by atoms with van der Waals surface area (Å²) in [5, 5.41) is 0. The second kappa shape index (κ2) is 8.83. The molecule has 0 atom stereocenters. The van der Waals surface area contributed by atoms with E-state index in [9.17, 15) is 4.79 Å². The second-order valence-electron chi connectivity index (χ2n) is 8.78. The highest BCUT2D eigenvalue weighted by atomic mass is 16.2. The molecule has 0 radical (unpaired) electrons. The molecule has 5 heteroatoms. The minimum Gasteiger partial charge on any atom is -0.342 e. The molecule has 3 fully saturated rings. The van der Waals surface area contributed by atoms with Crippen LogP contribution in [0.25, 0.3) is 0 Å². The maximum Gasteiger partial charge on any atom is 0.225 e. The van der Waals surface area contributed by atoms with E-state index in [2.05, 4.69) is 40.5 Å². The van der Waals surface area contributed by atoms with Crippen LogP contribution in [-0.4, -0.2) is 97.5 Å². The van der Waals surface area contributed by atoms with E-state index in [-0.39, 0.29) is 5.92 Å². The second-order valence-corrected chi connectivity index (χ2v) is 8.78. The van der Waals surface area contributed by atoms with Crippen LogP contribution in [0.15, 0.2) is 0 Å². The van der Waals surface area contributed by atoms with Crippen molar-refractivity contribution in [3.05, 3.63) is 0 Å². The summed E-state index contributed by atoms with van der Waals surface area (Å²) in [4.78, 5) is 22.6. The number of hydrogen-bond donors (Lipinski definition) is 0. The van der Waals surface area contributed by atoms with Gasteiger partial charge >= 0.3 is 0 Å². The van der Waals surface area contributed by atoms with Gasteiger partial charge in [-0.05, 0) is 65.6 Å². The highest BCUT2D eigenvalue weighted by molar-refractivity contribution is 5.79. The molecule has 0 unspecified atom stereocenters. The van der Waals surface area contributed by atoms with Gasteiger partial charge in [0.25, 0.3) is 0 Å². The summed E-state index contributed by atoms with van der Waals surface area (Å²) in [7, 11) is 2.22. The van der Waals surface area contributed by atoms with Gasteiger partial charge in [-0.1, -0.05) is 0 Å². The van der Waals surface area contributed by atoms with Gasteiger partial charge in [0.15, 0.2) is 0 Å². The summed E-state index contributed by atoms with van der Waals surface area (Å²) in [6, 6.07) is 0.612. The molecule has 0 aromatic rings. The average Bonchev–Trinajstić information content (AvgIpc) is 2.64. The van der Waals surface area contributed by atoms with Gasteiger partial charge in [-0.3, -0.25) is 4.79 Å². The molecule has 0 N–H and O–H groups in total. The normalized spacial score (nSPS) is 26.5. The van der Waals surface area contributed by atoms with Crippen molar-refractivity contribution >= 4 is 5.91 Å². The average molecular weight is 351 g/mol. The molecule has 3 aliphatic rings. The molecule has 0 aromatic heterocycles. The van der Waals surface area contributed by atoms with Crippen molar-refractivity contribution in [2.75, 3.05) is 66.0 Å². The molecule has 1 amide bonds. The fourth-order valence-electron chi connectivity index (χ4n) is 4.65. The minimum absolute atomic E-state index is 0.282. The van der Waals surface area contributed by atoms with Crippen LogP contribution in [0, 0.1) is 11.8 Å². The van der Waals surface area contributed by atoms with Gasteiger partial charge in [-0.25, -0.2) is 0 Å². The third-order valence-corrected chi connectivity index (χ3v) is 6.65. The highest BCUT2D eigenvalue weighted by Gasteiger charge is 2.31. The van der Waals surface area contributed by atoms with Gasteiger partial charge in [0.1, 0.15) is 0 Å². The molecular formula is C20H38N4O. The zero-order valence-electron chi connectivity index (χ0n) is 16.6. The Bertz CT molecular complexity index is 417. The van der Waals surface area contributed by atoms with E-state index in [0.717, 1.165) is 44.9 Å². The predicted molar refractivity (Wildman–Crippen MR) is 103 cm³/mol. The van der Waals surface area contributed by atoms with E-state index >= 15 is 0 Å². The molecule has 0 saturated carbocycles. The summed E-state index contributed by atoms with van der Waals surface area (Å²) in [5.41, 5.74) is 0. The van der Waals surface area contributed by atoms with Crippen molar-refractivity contribution < 1.29 is 4.79 Å². The number of amides is 1. The smallest absolute Gasteiger partial charge is 0.225 e. The van der Waals surface area contributed by atoms with Gasteiger partial charge in [-0.15, -0.1) is 0 Å².